The molecule has 0 saturated heterocycles. The van der Waals surface area contributed by atoms with Crippen molar-refractivity contribution in [3.8, 4) is 11.8 Å². The summed E-state index contributed by atoms with van der Waals surface area (Å²) in [6.45, 7) is 0. The molecule has 5 rings (SSSR count). The number of hydrogen-bond acceptors (Lipinski definition) is 4. The lowest BCUT2D eigenvalue weighted by Gasteiger charge is -2.21. The SMILES string of the molecule is N#C/C(=C1/C=C(c2ccccc2)Oc2ccccc21)c1nc2ccccc2s1. The van der Waals surface area contributed by atoms with E-state index in [0.717, 1.165) is 43.4 Å². The number of aromatic nitrogens is 1. The van der Waals surface area contributed by atoms with Crippen molar-refractivity contribution in [2.24, 2.45) is 0 Å². The zero-order valence-electron chi connectivity index (χ0n) is 14.8. The van der Waals surface area contributed by atoms with Gasteiger partial charge in [-0.15, -0.1) is 11.3 Å². The number of allylic oxidation sites excluding steroid dienone is 3. The second-order valence-electron chi connectivity index (χ2n) is 6.36. The Hall–Kier alpha value is -3.68. The first kappa shape index (κ1) is 16.5. The summed E-state index contributed by atoms with van der Waals surface area (Å²) < 4.78 is 7.21. The van der Waals surface area contributed by atoms with Crippen molar-refractivity contribution in [3.05, 3.63) is 101 Å². The summed E-state index contributed by atoms with van der Waals surface area (Å²) in [5.41, 5.74) is 4.17. The van der Waals surface area contributed by atoms with E-state index < -0.39 is 0 Å². The van der Waals surface area contributed by atoms with Crippen LogP contribution in [0.2, 0.25) is 0 Å². The molecule has 4 aromatic rings. The summed E-state index contributed by atoms with van der Waals surface area (Å²) in [5.74, 6) is 1.47. The number of nitriles is 1. The standard InChI is InChI=1S/C24H14N2OS/c25-15-19(24-26-20-11-5-7-13-23(20)28-24)18-14-22(16-8-2-1-3-9-16)27-21-12-6-4-10-17(18)21/h1-14H/b19-18+. The van der Waals surface area contributed by atoms with Crippen LogP contribution >= 0.6 is 11.3 Å². The molecule has 132 valence electrons. The first-order chi connectivity index (χ1) is 13.8. The predicted octanol–water partition coefficient (Wildman–Crippen LogP) is 6.16. The van der Waals surface area contributed by atoms with Gasteiger partial charge >= 0.3 is 0 Å². The summed E-state index contributed by atoms with van der Waals surface area (Å²) in [6.07, 6.45) is 1.95. The van der Waals surface area contributed by atoms with Crippen LogP contribution in [0.1, 0.15) is 16.1 Å². The molecule has 0 saturated carbocycles. The molecule has 0 radical (unpaired) electrons. The molecule has 0 spiro atoms. The lowest BCUT2D eigenvalue weighted by atomic mass is 9.95. The maximum Gasteiger partial charge on any atom is 0.135 e. The number of hydrogen-bond donors (Lipinski definition) is 0. The Morgan fingerprint density at radius 2 is 1.64 bits per heavy atom. The zero-order valence-corrected chi connectivity index (χ0v) is 15.6. The highest BCUT2D eigenvalue weighted by Gasteiger charge is 2.22. The van der Waals surface area contributed by atoms with Crippen LogP contribution in [0.3, 0.4) is 0 Å². The maximum atomic E-state index is 10.0. The minimum absolute atomic E-state index is 0.561. The molecule has 0 unspecified atom stereocenters. The fourth-order valence-electron chi connectivity index (χ4n) is 3.29. The van der Waals surface area contributed by atoms with Gasteiger partial charge in [0.25, 0.3) is 0 Å². The summed E-state index contributed by atoms with van der Waals surface area (Å²) >= 11 is 1.53. The third kappa shape index (κ3) is 2.79. The van der Waals surface area contributed by atoms with Crippen LogP contribution in [-0.2, 0) is 0 Å². The van der Waals surface area contributed by atoms with E-state index in [1.54, 1.807) is 0 Å². The largest absolute Gasteiger partial charge is 0.456 e. The van der Waals surface area contributed by atoms with Gasteiger partial charge in [0.2, 0.25) is 0 Å². The van der Waals surface area contributed by atoms with Crippen molar-refractivity contribution in [2.45, 2.75) is 0 Å². The molecule has 0 aliphatic carbocycles. The number of ether oxygens (including phenoxy) is 1. The second kappa shape index (κ2) is 6.80. The van der Waals surface area contributed by atoms with Crippen LogP contribution in [0.15, 0.2) is 84.9 Å². The molecule has 4 heteroatoms. The van der Waals surface area contributed by atoms with E-state index >= 15 is 0 Å². The van der Waals surface area contributed by atoms with E-state index in [1.807, 2.05) is 84.9 Å². The van der Waals surface area contributed by atoms with E-state index in [2.05, 4.69) is 6.07 Å². The fourth-order valence-corrected chi connectivity index (χ4v) is 4.26. The first-order valence-corrected chi connectivity index (χ1v) is 9.70. The summed E-state index contributed by atoms with van der Waals surface area (Å²) in [6, 6.07) is 28.1. The maximum absolute atomic E-state index is 10.0. The van der Waals surface area contributed by atoms with E-state index in [9.17, 15) is 5.26 Å². The van der Waals surface area contributed by atoms with Crippen LogP contribution in [-0.4, -0.2) is 4.98 Å². The highest BCUT2D eigenvalue weighted by molar-refractivity contribution is 7.19. The monoisotopic (exact) mass is 378 g/mol. The van der Waals surface area contributed by atoms with Gasteiger partial charge in [-0.2, -0.15) is 5.26 Å². The van der Waals surface area contributed by atoms with Gasteiger partial charge in [-0.3, -0.25) is 0 Å². The van der Waals surface area contributed by atoms with Crippen molar-refractivity contribution in [2.75, 3.05) is 0 Å². The molecule has 3 aromatic carbocycles. The zero-order chi connectivity index (χ0) is 18.9. The first-order valence-electron chi connectivity index (χ1n) is 8.88. The van der Waals surface area contributed by atoms with Crippen LogP contribution in [0.4, 0.5) is 0 Å². The summed E-state index contributed by atoms with van der Waals surface area (Å²) in [7, 11) is 0. The van der Waals surface area contributed by atoms with Gasteiger partial charge in [-0.25, -0.2) is 4.98 Å². The fraction of sp³-hybridized carbons (Fsp3) is 0. The Morgan fingerprint density at radius 1 is 0.893 bits per heavy atom. The number of rotatable bonds is 2. The average Bonchev–Trinajstić information content (AvgIpc) is 3.18. The van der Waals surface area contributed by atoms with Crippen molar-refractivity contribution in [1.29, 1.82) is 5.26 Å². The Morgan fingerprint density at radius 3 is 2.46 bits per heavy atom. The Bertz CT molecular complexity index is 1260. The Kier molecular flexibility index (Phi) is 4.01. The summed E-state index contributed by atoms with van der Waals surface area (Å²) in [5, 5.41) is 10.7. The highest BCUT2D eigenvalue weighted by Crippen LogP contribution is 2.41. The molecular formula is C24H14N2OS. The minimum atomic E-state index is 0.561. The van der Waals surface area contributed by atoms with Crippen molar-refractivity contribution in [1.82, 2.24) is 4.98 Å². The molecule has 28 heavy (non-hydrogen) atoms. The normalized spacial score (nSPS) is 14.6. The van der Waals surface area contributed by atoms with Gasteiger partial charge in [0.1, 0.15) is 22.6 Å². The molecule has 0 amide bonds. The van der Waals surface area contributed by atoms with Gasteiger partial charge in [0.15, 0.2) is 0 Å². The molecule has 0 bridgehead atoms. The lowest BCUT2D eigenvalue weighted by molar-refractivity contribution is 0.509. The van der Waals surface area contributed by atoms with Crippen LogP contribution < -0.4 is 4.74 Å². The third-order valence-corrected chi connectivity index (χ3v) is 5.67. The van der Waals surface area contributed by atoms with E-state index in [1.165, 1.54) is 11.3 Å². The number of thiazole rings is 1. The number of benzene rings is 3. The molecule has 2 heterocycles. The second-order valence-corrected chi connectivity index (χ2v) is 7.39. The molecule has 3 nitrogen and oxygen atoms in total. The molecule has 0 atom stereocenters. The van der Waals surface area contributed by atoms with E-state index in [-0.39, 0.29) is 0 Å². The van der Waals surface area contributed by atoms with Gasteiger partial charge in [-0.1, -0.05) is 60.7 Å². The number of fused-ring (bicyclic) bond motifs is 2. The van der Waals surface area contributed by atoms with Crippen LogP contribution in [0, 0.1) is 11.3 Å². The third-order valence-electron chi connectivity index (χ3n) is 4.62. The molecule has 1 aromatic heterocycles. The van der Waals surface area contributed by atoms with Crippen molar-refractivity contribution >= 4 is 38.5 Å². The smallest absolute Gasteiger partial charge is 0.135 e. The quantitative estimate of drug-likeness (QED) is 0.392. The van der Waals surface area contributed by atoms with E-state index in [4.69, 9.17) is 9.72 Å². The number of para-hydroxylation sites is 2. The molecule has 1 aliphatic heterocycles. The average molecular weight is 378 g/mol. The highest BCUT2D eigenvalue weighted by atomic mass is 32.1. The summed E-state index contributed by atoms with van der Waals surface area (Å²) in [4.78, 5) is 4.70. The van der Waals surface area contributed by atoms with Crippen LogP contribution in [0.5, 0.6) is 5.75 Å². The Balaban J connectivity index is 1.76. The topological polar surface area (TPSA) is 45.9 Å². The molecule has 0 N–H and O–H groups in total. The van der Waals surface area contributed by atoms with Gasteiger partial charge in [0, 0.05) is 16.7 Å². The Labute approximate surface area is 166 Å². The molecule has 0 fully saturated rings. The van der Waals surface area contributed by atoms with Crippen molar-refractivity contribution in [3.63, 3.8) is 0 Å². The van der Waals surface area contributed by atoms with Gasteiger partial charge < -0.3 is 4.74 Å². The van der Waals surface area contributed by atoms with Crippen molar-refractivity contribution < 1.29 is 4.74 Å². The molecule has 1 aliphatic rings. The lowest BCUT2D eigenvalue weighted by Crippen LogP contribution is -2.04. The minimum Gasteiger partial charge on any atom is -0.456 e. The van der Waals surface area contributed by atoms with E-state index in [0.29, 0.717) is 5.57 Å². The van der Waals surface area contributed by atoms with Crippen LogP contribution in [0.25, 0.3) is 27.1 Å². The van der Waals surface area contributed by atoms with Gasteiger partial charge in [0.05, 0.1) is 15.8 Å². The predicted molar refractivity (Wildman–Crippen MR) is 114 cm³/mol. The number of nitrogens with zero attached hydrogens (tertiary/aromatic N) is 2. The van der Waals surface area contributed by atoms with Gasteiger partial charge in [-0.05, 0) is 24.3 Å². The molecular weight excluding hydrogens is 364 g/mol.